The highest BCUT2D eigenvalue weighted by molar-refractivity contribution is 7.12. The summed E-state index contributed by atoms with van der Waals surface area (Å²) < 4.78 is 6.80. The number of hydrogen-bond donors (Lipinski definition) is 1. The van der Waals surface area contributed by atoms with Crippen LogP contribution in [0.4, 0.5) is 4.79 Å². The minimum atomic E-state index is -0.656. The molecule has 1 N–H and O–H groups in total. The van der Waals surface area contributed by atoms with E-state index in [1.165, 1.54) is 22.2 Å². The molecule has 0 aliphatic heterocycles. The SMILES string of the molecule is Cc1nc(-c2nccs2)ncc1OC(=O)Nn1ccc2cccnc21. The van der Waals surface area contributed by atoms with Crippen molar-refractivity contribution in [3.63, 3.8) is 0 Å². The predicted octanol–water partition coefficient (Wildman–Crippen LogP) is 3.00. The lowest BCUT2D eigenvalue weighted by molar-refractivity contribution is 0.211. The number of carbonyl (C=O) groups excluding carboxylic acids is 1. The van der Waals surface area contributed by atoms with E-state index in [-0.39, 0.29) is 5.75 Å². The van der Waals surface area contributed by atoms with Gasteiger partial charge in [0, 0.05) is 29.4 Å². The summed E-state index contributed by atoms with van der Waals surface area (Å²) in [6, 6.07) is 5.58. The summed E-state index contributed by atoms with van der Waals surface area (Å²) in [6.45, 7) is 1.74. The minimum Gasteiger partial charge on any atom is -0.406 e. The summed E-state index contributed by atoms with van der Waals surface area (Å²) in [6.07, 6.45) is 5.85. The van der Waals surface area contributed by atoms with Crippen molar-refractivity contribution in [2.24, 2.45) is 0 Å². The molecule has 9 heteroatoms. The Hall–Kier alpha value is -3.33. The van der Waals surface area contributed by atoms with Gasteiger partial charge in [-0.2, -0.15) is 0 Å². The highest BCUT2D eigenvalue weighted by Crippen LogP contribution is 2.21. The fourth-order valence-corrected chi connectivity index (χ4v) is 2.85. The van der Waals surface area contributed by atoms with Gasteiger partial charge in [-0.1, -0.05) is 0 Å². The molecule has 4 aromatic rings. The number of pyridine rings is 1. The fraction of sp³-hybridized carbons (Fsp3) is 0.0625. The molecular weight excluding hydrogens is 340 g/mol. The van der Waals surface area contributed by atoms with E-state index >= 15 is 0 Å². The van der Waals surface area contributed by atoms with Crippen LogP contribution < -0.4 is 10.2 Å². The normalized spacial score (nSPS) is 10.8. The molecule has 0 radical (unpaired) electrons. The zero-order valence-corrected chi connectivity index (χ0v) is 13.9. The largest absolute Gasteiger partial charge is 0.432 e. The van der Waals surface area contributed by atoms with Gasteiger partial charge in [0.1, 0.15) is 0 Å². The van der Waals surface area contributed by atoms with Crippen LogP contribution in [0.15, 0.2) is 48.4 Å². The van der Waals surface area contributed by atoms with Gasteiger partial charge < -0.3 is 4.74 Å². The van der Waals surface area contributed by atoms with Crippen molar-refractivity contribution in [1.82, 2.24) is 24.6 Å². The van der Waals surface area contributed by atoms with Crippen LogP contribution in [-0.2, 0) is 0 Å². The number of aromatic nitrogens is 5. The molecule has 25 heavy (non-hydrogen) atoms. The molecule has 0 aliphatic rings. The molecule has 0 spiro atoms. The van der Waals surface area contributed by atoms with E-state index in [2.05, 4.69) is 25.4 Å². The molecule has 124 valence electrons. The maximum atomic E-state index is 12.1. The molecule has 0 saturated carbocycles. The Balaban J connectivity index is 1.51. The molecule has 4 aromatic heterocycles. The van der Waals surface area contributed by atoms with Crippen LogP contribution in [0.25, 0.3) is 21.9 Å². The molecule has 4 rings (SSSR count). The van der Waals surface area contributed by atoms with Crippen molar-refractivity contribution in [1.29, 1.82) is 0 Å². The molecule has 1 amide bonds. The van der Waals surface area contributed by atoms with Crippen LogP contribution in [-0.4, -0.2) is 30.7 Å². The van der Waals surface area contributed by atoms with Gasteiger partial charge >= 0.3 is 6.09 Å². The second kappa shape index (κ2) is 6.29. The number of nitrogens with one attached hydrogen (secondary N) is 1. The second-order valence-corrected chi connectivity index (χ2v) is 5.98. The third-order valence-electron chi connectivity index (χ3n) is 3.42. The Labute approximate surface area is 146 Å². The van der Waals surface area contributed by atoms with Crippen LogP contribution in [0.5, 0.6) is 5.75 Å². The van der Waals surface area contributed by atoms with Crippen LogP contribution in [0, 0.1) is 6.92 Å². The second-order valence-electron chi connectivity index (χ2n) is 5.08. The van der Waals surface area contributed by atoms with Crippen molar-refractivity contribution in [3.8, 4) is 16.6 Å². The highest BCUT2D eigenvalue weighted by atomic mass is 32.1. The lowest BCUT2D eigenvalue weighted by Gasteiger charge is -2.09. The first-order chi connectivity index (χ1) is 12.2. The van der Waals surface area contributed by atoms with Gasteiger partial charge in [0.05, 0.1) is 11.9 Å². The smallest absolute Gasteiger partial charge is 0.406 e. The first-order valence-electron chi connectivity index (χ1n) is 7.35. The Bertz CT molecular complexity index is 1040. The van der Waals surface area contributed by atoms with Gasteiger partial charge in [-0.15, -0.1) is 11.3 Å². The van der Waals surface area contributed by atoms with E-state index in [9.17, 15) is 4.79 Å². The Morgan fingerprint density at radius 2 is 2.16 bits per heavy atom. The highest BCUT2D eigenvalue weighted by Gasteiger charge is 2.13. The van der Waals surface area contributed by atoms with Crippen molar-refractivity contribution < 1.29 is 9.53 Å². The summed E-state index contributed by atoms with van der Waals surface area (Å²) in [5, 5.41) is 3.47. The summed E-state index contributed by atoms with van der Waals surface area (Å²) in [5.74, 6) is 0.781. The number of nitrogens with zero attached hydrogens (tertiary/aromatic N) is 5. The molecule has 8 nitrogen and oxygen atoms in total. The van der Waals surface area contributed by atoms with E-state index in [0.717, 1.165) is 5.39 Å². The topological polar surface area (TPSA) is 94.8 Å². The number of fused-ring (bicyclic) bond motifs is 1. The average Bonchev–Trinajstić information content (AvgIpc) is 3.27. The number of aryl methyl sites for hydroxylation is 1. The average molecular weight is 352 g/mol. The van der Waals surface area contributed by atoms with Gasteiger partial charge in [-0.3, -0.25) is 0 Å². The Morgan fingerprint density at radius 3 is 2.96 bits per heavy atom. The molecule has 4 heterocycles. The summed E-state index contributed by atoms with van der Waals surface area (Å²) in [5.41, 5.74) is 3.79. The molecule has 0 aromatic carbocycles. The van der Waals surface area contributed by atoms with E-state index in [1.807, 2.05) is 23.6 Å². The summed E-state index contributed by atoms with van der Waals surface area (Å²) in [4.78, 5) is 29.0. The van der Waals surface area contributed by atoms with Crippen molar-refractivity contribution in [2.45, 2.75) is 6.92 Å². The van der Waals surface area contributed by atoms with E-state index in [1.54, 1.807) is 25.5 Å². The van der Waals surface area contributed by atoms with Gasteiger partial charge in [-0.25, -0.2) is 34.8 Å². The molecular formula is C16H12N6O2S. The fourth-order valence-electron chi connectivity index (χ4n) is 2.27. The lowest BCUT2D eigenvalue weighted by Crippen LogP contribution is -2.26. The van der Waals surface area contributed by atoms with Crippen LogP contribution in [0.1, 0.15) is 5.69 Å². The standard InChI is InChI=1S/C16H12N6O2S/c1-10-12(9-19-13(20-10)15-18-6-8-25-15)24-16(23)21-22-7-4-11-3-2-5-17-14(11)22/h2-9H,1H3,(H,21,23). The predicted molar refractivity (Wildman–Crippen MR) is 93.0 cm³/mol. The number of amides is 1. The zero-order valence-electron chi connectivity index (χ0n) is 13.1. The molecule has 0 fully saturated rings. The quantitative estimate of drug-likeness (QED) is 0.609. The zero-order chi connectivity index (χ0) is 17.2. The van der Waals surface area contributed by atoms with Gasteiger partial charge in [0.25, 0.3) is 0 Å². The molecule has 0 atom stereocenters. The van der Waals surface area contributed by atoms with Crippen LogP contribution in [0.2, 0.25) is 0 Å². The van der Waals surface area contributed by atoms with Crippen LogP contribution in [0.3, 0.4) is 0 Å². The van der Waals surface area contributed by atoms with Crippen molar-refractivity contribution in [2.75, 3.05) is 5.43 Å². The van der Waals surface area contributed by atoms with Gasteiger partial charge in [-0.05, 0) is 25.1 Å². The number of hydrogen-bond acceptors (Lipinski definition) is 7. The maximum absolute atomic E-state index is 12.1. The lowest BCUT2D eigenvalue weighted by atomic mass is 10.3. The summed E-state index contributed by atoms with van der Waals surface area (Å²) in [7, 11) is 0. The van der Waals surface area contributed by atoms with Crippen molar-refractivity contribution in [3.05, 3.63) is 54.1 Å². The third kappa shape index (κ3) is 3.04. The Kier molecular flexibility index (Phi) is 3.82. The van der Waals surface area contributed by atoms with E-state index < -0.39 is 6.09 Å². The van der Waals surface area contributed by atoms with Gasteiger partial charge in [0.2, 0.25) is 0 Å². The summed E-state index contributed by atoms with van der Waals surface area (Å²) >= 11 is 1.44. The maximum Gasteiger partial charge on any atom is 0.432 e. The first kappa shape index (κ1) is 15.2. The monoisotopic (exact) mass is 352 g/mol. The first-order valence-corrected chi connectivity index (χ1v) is 8.23. The van der Waals surface area contributed by atoms with Crippen molar-refractivity contribution >= 4 is 28.5 Å². The molecule has 0 bridgehead atoms. The molecule has 0 saturated heterocycles. The van der Waals surface area contributed by atoms with Crippen LogP contribution >= 0.6 is 11.3 Å². The van der Waals surface area contributed by atoms with E-state index in [0.29, 0.717) is 22.2 Å². The van der Waals surface area contributed by atoms with E-state index in [4.69, 9.17) is 4.74 Å². The minimum absolute atomic E-state index is 0.280. The van der Waals surface area contributed by atoms with Gasteiger partial charge in [0.15, 0.2) is 22.2 Å². The number of carbonyl (C=O) groups is 1. The number of ether oxygens (including phenoxy) is 1. The molecule has 0 unspecified atom stereocenters. The Morgan fingerprint density at radius 1 is 1.24 bits per heavy atom. The number of thiazole rings is 1. The number of rotatable bonds is 3. The molecule has 0 aliphatic carbocycles. The third-order valence-corrected chi connectivity index (χ3v) is 4.19.